The van der Waals surface area contributed by atoms with Crippen LogP contribution in [0.15, 0.2) is 18.2 Å². The summed E-state index contributed by atoms with van der Waals surface area (Å²) in [5.41, 5.74) is 1.25. The summed E-state index contributed by atoms with van der Waals surface area (Å²) in [5, 5.41) is 18.3. The Kier molecular flexibility index (Phi) is 6.87. The Morgan fingerprint density at radius 2 is 2.05 bits per heavy atom. The van der Waals surface area contributed by atoms with Gasteiger partial charge in [0.05, 0.1) is 26.4 Å². The quantitative estimate of drug-likeness (QED) is 0.664. The Hall–Kier alpha value is -1.08. The zero-order valence-corrected chi connectivity index (χ0v) is 11.6. The summed E-state index contributed by atoms with van der Waals surface area (Å²) in [4.78, 5) is 0. The lowest BCUT2D eigenvalue weighted by Crippen LogP contribution is -2.31. The van der Waals surface area contributed by atoms with Gasteiger partial charge in [-0.05, 0) is 25.5 Å². The monoisotopic (exact) mass is 268 g/mol. The molecule has 0 aliphatic carbocycles. The van der Waals surface area contributed by atoms with Gasteiger partial charge in [-0.15, -0.1) is 0 Å². The summed E-state index contributed by atoms with van der Waals surface area (Å²) >= 11 is 0. The first-order valence-corrected chi connectivity index (χ1v) is 6.30. The zero-order chi connectivity index (χ0) is 14.3. The van der Waals surface area contributed by atoms with E-state index in [1.807, 2.05) is 13.8 Å². The highest BCUT2D eigenvalue weighted by molar-refractivity contribution is 6.59. The zero-order valence-electron chi connectivity index (χ0n) is 11.6. The van der Waals surface area contributed by atoms with E-state index in [4.69, 9.17) is 24.3 Å². The van der Waals surface area contributed by atoms with E-state index >= 15 is 0 Å². The topological polar surface area (TPSA) is 68.2 Å². The average Bonchev–Trinajstić information content (AvgIpc) is 2.38. The third-order valence-electron chi connectivity index (χ3n) is 2.65. The highest BCUT2D eigenvalue weighted by atomic mass is 16.5. The summed E-state index contributed by atoms with van der Waals surface area (Å²) < 4.78 is 16.0. The van der Waals surface area contributed by atoms with Crippen LogP contribution in [0.3, 0.4) is 0 Å². The number of benzene rings is 1. The van der Waals surface area contributed by atoms with E-state index in [-0.39, 0.29) is 6.10 Å². The fraction of sp³-hybridized carbons (Fsp3) is 0.538. The second kappa shape index (κ2) is 8.17. The van der Waals surface area contributed by atoms with E-state index in [1.165, 1.54) is 7.11 Å². The number of hydrogen-bond acceptors (Lipinski definition) is 5. The van der Waals surface area contributed by atoms with E-state index in [9.17, 15) is 0 Å². The molecule has 1 rings (SSSR count). The van der Waals surface area contributed by atoms with Crippen LogP contribution in [0.2, 0.25) is 0 Å². The molecule has 1 aromatic rings. The Labute approximate surface area is 114 Å². The molecule has 0 fully saturated rings. The molecule has 0 spiro atoms. The van der Waals surface area contributed by atoms with Gasteiger partial charge in [-0.1, -0.05) is 12.1 Å². The molecular formula is C13H21BO5. The molecule has 6 heteroatoms. The van der Waals surface area contributed by atoms with Gasteiger partial charge < -0.3 is 24.3 Å². The minimum absolute atomic E-state index is 0.0606. The Morgan fingerprint density at radius 3 is 2.63 bits per heavy atom. The maximum atomic E-state index is 9.16. The van der Waals surface area contributed by atoms with Crippen LogP contribution in [0.4, 0.5) is 0 Å². The molecule has 0 aromatic heterocycles. The summed E-state index contributed by atoms with van der Waals surface area (Å²) in [6.45, 7) is 5.51. The van der Waals surface area contributed by atoms with Gasteiger partial charge in [-0.2, -0.15) is 0 Å². The van der Waals surface area contributed by atoms with Crippen molar-refractivity contribution in [2.24, 2.45) is 0 Å². The van der Waals surface area contributed by atoms with Crippen molar-refractivity contribution in [2.45, 2.75) is 26.6 Å². The van der Waals surface area contributed by atoms with Crippen molar-refractivity contribution in [3.63, 3.8) is 0 Å². The van der Waals surface area contributed by atoms with Crippen LogP contribution in [0.1, 0.15) is 19.4 Å². The van der Waals surface area contributed by atoms with Gasteiger partial charge in [0.25, 0.3) is 0 Å². The van der Waals surface area contributed by atoms with Crippen molar-refractivity contribution in [3.8, 4) is 5.75 Å². The molecular weight excluding hydrogens is 247 g/mol. The number of rotatable bonds is 8. The number of hydrogen-bond donors (Lipinski definition) is 2. The second-order valence-corrected chi connectivity index (χ2v) is 4.23. The minimum Gasteiger partial charge on any atom is -0.497 e. The molecule has 0 radical (unpaired) electrons. The van der Waals surface area contributed by atoms with Crippen LogP contribution >= 0.6 is 0 Å². The predicted molar refractivity (Wildman–Crippen MR) is 73.6 cm³/mol. The Bertz CT molecular complexity index is 383. The van der Waals surface area contributed by atoms with Gasteiger partial charge in [0.1, 0.15) is 5.75 Å². The lowest BCUT2D eigenvalue weighted by molar-refractivity contribution is -0.00715. The average molecular weight is 268 g/mol. The molecule has 106 valence electrons. The molecule has 1 unspecified atom stereocenters. The largest absolute Gasteiger partial charge is 0.497 e. The summed E-state index contributed by atoms with van der Waals surface area (Å²) in [6.07, 6.45) is 0.0606. The summed E-state index contributed by atoms with van der Waals surface area (Å²) in [6, 6.07) is 5.14. The standard InChI is InChI=1S/C13H21BO5/c1-4-19-10(2)8-18-9-11-5-6-12(14(15)16)13(7-11)17-3/h5-7,10,15-16H,4,8-9H2,1-3H3. The van der Waals surface area contributed by atoms with Gasteiger partial charge in [0.15, 0.2) is 0 Å². The van der Waals surface area contributed by atoms with E-state index in [1.54, 1.807) is 18.2 Å². The summed E-state index contributed by atoms with van der Waals surface area (Å²) in [7, 11) is -0.0499. The summed E-state index contributed by atoms with van der Waals surface area (Å²) in [5.74, 6) is 0.439. The molecule has 0 aliphatic rings. The van der Waals surface area contributed by atoms with Crippen molar-refractivity contribution in [3.05, 3.63) is 23.8 Å². The normalized spacial score (nSPS) is 12.3. The third kappa shape index (κ3) is 5.20. The van der Waals surface area contributed by atoms with E-state index < -0.39 is 7.12 Å². The third-order valence-corrected chi connectivity index (χ3v) is 2.65. The van der Waals surface area contributed by atoms with Crippen molar-refractivity contribution >= 4 is 12.6 Å². The van der Waals surface area contributed by atoms with Crippen LogP contribution < -0.4 is 10.2 Å². The number of methoxy groups -OCH3 is 1. The molecule has 0 amide bonds. The highest BCUT2D eigenvalue weighted by Gasteiger charge is 2.17. The van der Waals surface area contributed by atoms with E-state index in [0.29, 0.717) is 31.0 Å². The van der Waals surface area contributed by atoms with Gasteiger partial charge in [0.2, 0.25) is 0 Å². The Balaban J connectivity index is 2.55. The highest BCUT2D eigenvalue weighted by Crippen LogP contribution is 2.12. The van der Waals surface area contributed by atoms with Crippen LogP contribution in [-0.2, 0) is 16.1 Å². The van der Waals surface area contributed by atoms with Gasteiger partial charge in [0, 0.05) is 12.1 Å². The Morgan fingerprint density at radius 1 is 1.32 bits per heavy atom. The van der Waals surface area contributed by atoms with E-state index in [0.717, 1.165) is 5.56 Å². The first kappa shape index (κ1) is 16.0. The molecule has 0 saturated heterocycles. The number of ether oxygens (including phenoxy) is 3. The van der Waals surface area contributed by atoms with Crippen LogP contribution in [0, 0.1) is 0 Å². The van der Waals surface area contributed by atoms with Crippen LogP contribution in [-0.4, -0.2) is 43.6 Å². The predicted octanol–water partition coefficient (Wildman–Crippen LogP) is 0.317. The molecule has 0 aliphatic heterocycles. The first-order valence-electron chi connectivity index (χ1n) is 6.30. The molecule has 2 N–H and O–H groups in total. The van der Waals surface area contributed by atoms with Crippen molar-refractivity contribution in [2.75, 3.05) is 20.3 Å². The lowest BCUT2D eigenvalue weighted by Gasteiger charge is -2.13. The molecule has 19 heavy (non-hydrogen) atoms. The molecule has 0 heterocycles. The molecule has 0 saturated carbocycles. The fourth-order valence-electron chi connectivity index (χ4n) is 1.73. The minimum atomic E-state index is -1.54. The molecule has 1 atom stereocenters. The molecule has 0 bridgehead atoms. The van der Waals surface area contributed by atoms with Crippen molar-refractivity contribution in [1.29, 1.82) is 0 Å². The van der Waals surface area contributed by atoms with Crippen molar-refractivity contribution < 1.29 is 24.3 Å². The lowest BCUT2D eigenvalue weighted by atomic mass is 9.79. The molecule has 5 nitrogen and oxygen atoms in total. The SMILES string of the molecule is CCOC(C)COCc1ccc(B(O)O)c(OC)c1. The van der Waals surface area contributed by atoms with Gasteiger partial charge in [-0.25, -0.2) is 0 Å². The molecule has 1 aromatic carbocycles. The van der Waals surface area contributed by atoms with Gasteiger partial charge >= 0.3 is 7.12 Å². The second-order valence-electron chi connectivity index (χ2n) is 4.23. The smallest absolute Gasteiger partial charge is 0.492 e. The van der Waals surface area contributed by atoms with Crippen molar-refractivity contribution in [1.82, 2.24) is 0 Å². The van der Waals surface area contributed by atoms with Crippen LogP contribution in [0.5, 0.6) is 5.75 Å². The van der Waals surface area contributed by atoms with E-state index in [2.05, 4.69) is 0 Å². The van der Waals surface area contributed by atoms with Gasteiger partial charge in [-0.3, -0.25) is 0 Å². The van der Waals surface area contributed by atoms with Crippen LogP contribution in [0.25, 0.3) is 0 Å². The first-order chi connectivity index (χ1) is 9.08. The maximum Gasteiger partial charge on any atom is 0.492 e. The fourth-order valence-corrected chi connectivity index (χ4v) is 1.73. The maximum absolute atomic E-state index is 9.16.